The van der Waals surface area contributed by atoms with E-state index in [1.807, 2.05) is 30.3 Å². The van der Waals surface area contributed by atoms with Crippen LogP contribution >= 0.6 is 0 Å². The van der Waals surface area contributed by atoms with Crippen LogP contribution in [0.1, 0.15) is 12.5 Å². The number of rotatable bonds is 7. The smallest absolute Gasteiger partial charge is 0.336 e. The van der Waals surface area contributed by atoms with Crippen molar-refractivity contribution < 1.29 is 19.4 Å². The maximum absolute atomic E-state index is 11.3. The average Bonchev–Trinajstić information content (AvgIpc) is 2.30. The Kier molecular flexibility index (Phi) is 5.12. The van der Waals surface area contributed by atoms with E-state index < -0.39 is 11.6 Å². The van der Waals surface area contributed by atoms with Crippen LogP contribution < -0.4 is 0 Å². The van der Waals surface area contributed by atoms with Crippen molar-refractivity contribution in [3.8, 4) is 0 Å². The molecule has 1 aromatic rings. The Morgan fingerprint density at radius 2 is 1.94 bits per heavy atom. The third-order valence-corrected chi connectivity index (χ3v) is 2.54. The summed E-state index contributed by atoms with van der Waals surface area (Å²) in [6.45, 7) is 2.24. The predicted octanol–water partition coefficient (Wildman–Crippen LogP) is 1.74. The van der Waals surface area contributed by atoms with Gasteiger partial charge in [0.05, 0.1) is 13.2 Å². The lowest BCUT2D eigenvalue weighted by Crippen LogP contribution is -2.41. The van der Waals surface area contributed by atoms with Gasteiger partial charge in [0.25, 0.3) is 0 Å². The van der Waals surface area contributed by atoms with Crippen molar-refractivity contribution in [3.63, 3.8) is 0 Å². The summed E-state index contributed by atoms with van der Waals surface area (Å²) >= 11 is 0. The SMILES string of the molecule is COCCOC(C)(Cc1ccccc1)C(=O)O. The Balaban J connectivity index is 2.68. The van der Waals surface area contributed by atoms with Gasteiger partial charge in [0, 0.05) is 13.5 Å². The van der Waals surface area contributed by atoms with E-state index in [0.717, 1.165) is 5.56 Å². The Morgan fingerprint density at radius 3 is 2.47 bits per heavy atom. The minimum absolute atomic E-state index is 0.270. The Labute approximate surface area is 101 Å². The first-order valence-electron chi connectivity index (χ1n) is 5.49. The van der Waals surface area contributed by atoms with Gasteiger partial charge < -0.3 is 14.6 Å². The van der Waals surface area contributed by atoms with Crippen LogP contribution in [0.15, 0.2) is 30.3 Å². The van der Waals surface area contributed by atoms with Gasteiger partial charge >= 0.3 is 5.97 Å². The van der Waals surface area contributed by atoms with Gasteiger partial charge in [-0.1, -0.05) is 30.3 Å². The molecule has 0 spiro atoms. The van der Waals surface area contributed by atoms with Crippen molar-refractivity contribution in [2.75, 3.05) is 20.3 Å². The lowest BCUT2D eigenvalue weighted by Gasteiger charge is -2.25. The standard InChI is InChI=1S/C13H18O4/c1-13(12(14)15,17-9-8-16-2)10-11-6-4-3-5-7-11/h3-7H,8-10H2,1-2H3,(H,14,15). The number of aliphatic carboxylic acids is 1. The van der Waals surface area contributed by atoms with Crippen LogP contribution in [0.5, 0.6) is 0 Å². The molecule has 0 aliphatic heterocycles. The molecule has 0 fully saturated rings. The van der Waals surface area contributed by atoms with Crippen molar-refractivity contribution in [2.45, 2.75) is 18.9 Å². The van der Waals surface area contributed by atoms with Crippen molar-refractivity contribution in [2.24, 2.45) is 0 Å². The van der Waals surface area contributed by atoms with Crippen LogP contribution in [0.4, 0.5) is 0 Å². The average molecular weight is 238 g/mol. The highest BCUT2D eigenvalue weighted by atomic mass is 16.5. The molecule has 0 heterocycles. The number of carboxylic acid groups (broad SMARTS) is 1. The lowest BCUT2D eigenvalue weighted by atomic mass is 9.96. The highest BCUT2D eigenvalue weighted by Crippen LogP contribution is 2.18. The molecule has 0 saturated heterocycles. The van der Waals surface area contributed by atoms with Gasteiger partial charge in [0.1, 0.15) is 0 Å². The Morgan fingerprint density at radius 1 is 1.29 bits per heavy atom. The van der Waals surface area contributed by atoms with E-state index >= 15 is 0 Å². The second-order valence-corrected chi connectivity index (χ2v) is 4.04. The zero-order valence-corrected chi connectivity index (χ0v) is 10.2. The summed E-state index contributed by atoms with van der Waals surface area (Å²) in [5.41, 5.74) is -0.269. The Bertz CT molecular complexity index is 350. The molecule has 94 valence electrons. The number of carbonyl (C=O) groups is 1. The Hall–Kier alpha value is -1.39. The second-order valence-electron chi connectivity index (χ2n) is 4.04. The van der Waals surface area contributed by atoms with Gasteiger partial charge in [0.15, 0.2) is 5.60 Å². The largest absolute Gasteiger partial charge is 0.479 e. The highest BCUT2D eigenvalue weighted by molar-refractivity contribution is 5.77. The summed E-state index contributed by atoms with van der Waals surface area (Å²) in [5.74, 6) is -0.961. The summed E-state index contributed by atoms with van der Waals surface area (Å²) in [4.78, 5) is 11.3. The zero-order chi connectivity index (χ0) is 12.7. The normalized spacial score (nSPS) is 14.2. The molecular formula is C13H18O4. The fourth-order valence-electron chi connectivity index (χ4n) is 1.52. The van der Waals surface area contributed by atoms with E-state index in [0.29, 0.717) is 13.0 Å². The maximum atomic E-state index is 11.3. The highest BCUT2D eigenvalue weighted by Gasteiger charge is 2.34. The molecule has 1 atom stereocenters. The lowest BCUT2D eigenvalue weighted by molar-refractivity contribution is -0.164. The minimum atomic E-state index is -1.21. The second kappa shape index (κ2) is 6.37. The molecule has 0 aliphatic carbocycles. The molecule has 1 N–H and O–H groups in total. The zero-order valence-electron chi connectivity index (χ0n) is 10.2. The van der Waals surface area contributed by atoms with E-state index in [4.69, 9.17) is 9.47 Å². The predicted molar refractivity (Wildman–Crippen MR) is 64.0 cm³/mol. The molecule has 1 rings (SSSR count). The fraction of sp³-hybridized carbons (Fsp3) is 0.462. The van der Waals surface area contributed by atoms with Crippen molar-refractivity contribution in [1.29, 1.82) is 0 Å². The molecular weight excluding hydrogens is 220 g/mol. The third-order valence-electron chi connectivity index (χ3n) is 2.54. The van der Waals surface area contributed by atoms with Crippen molar-refractivity contribution >= 4 is 5.97 Å². The van der Waals surface area contributed by atoms with E-state index in [2.05, 4.69) is 0 Å². The van der Waals surface area contributed by atoms with Gasteiger partial charge in [-0.2, -0.15) is 0 Å². The van der Waals surface area contributed by atoms with Crippen molar-refractivity contribution in [3.05, 3.63) is 35.9 Å². The third kappa shape index (κ3) is 4.17. The van der Waals surface area contributed by atoms with E-state index in [-0.39, 0.29) is 6.61 Å². The number of methoxy groups -OCH3 is 1. The van der Waals surface area contributed by atoms with Gasteiger partial charge in [-0.25, -0.2) is 4.79 Å². The molecule has 1 unspecified atom stereocenters. The van der Waals surface area contributed by atoms with Crippen LogP contribution in [0.2, 0.25) is 0 Å². The number of ether oxygens (including phenoxy) is 2. The molecule has 4 nitrogen and oxygen atoms in total. The summed E-state index contributed by atoms with van der Waals surface area (Å²) in [5, 5.41) is 9.23. The summed E-state index contributed by atoms with van der Waals surface area (Å²) < 4.78 is 10.3. The molecule has 17 heavy (non-hydrogen) atoms. The van der Waals surface area contributed by atoms with Gasteiger partial charge in [0.2, 0.25) is 0 Å². The van der Waals surface area contributed by atoms with Crippen LogP contribution in [-0.2, 0) is 20.7 Å². The molecule has 4 heteroatoms. The van der Waals surface area contributed by atoms with Crippen LogP contribution in [-0.4, -0.2) is 37.0 Å². The van der Waals surface area contributed by atoms with E-state index in [9.17, 15) is 9.90 Å². The molecule has 0 amide bonds. The van der Waals surface area contributed by atoms with Gasteiger partial charge in [-0.3, -0.25) is 0 Å². The van der Waals surface area contributed by atoms with Crippen LogP contribution in [0.25, 0.3) is 0 Å². The summed E-state index contributed by atoms with van der Waals surface area (Å²) in [6.07, 6.45) is 0.340. The first kappa shape index (κ1) is 13.7. The molecule has 0 aromatic heterocycles. The monoisotopic (exact) mass is 238 g/mol. The van der Waals surface area contributed by atoms with Crippen molar-refractivity contribution in [1.82, 2.24) is 0 Å². The number of benzene rings is 1. The fourth-order valence-corrected chi connectivity index (χ4v) is 1.52. The quantitative estimate of drug-likeness (QED) is 0.735. The molecule has 0 aliphatic rings. The summed E-state index contributed by atoms with van der Waals surface area (Å²) in [6, 6.07) is 9.44. The maximum Gasteiger partial charge on any atom is 0.336 e. The van der Waals surface area contributed by atoms with Crippen LogP contribution in [0, 0.1) is 0 Å². The molecule has 0 bridgehead atoms. The molecule has 0 saturated carbocycles. The topological polar surface area (TPSA) is 55.8 Å². The van der Waals surface area contributed by atoms with E-state index in [1.165, 1.54) is 0 Å². The first-order valence-corrected chi connectivity index (χ1v) is 5.49. The number of hydrogen-bond donors (Lipinski definition) is 1. The minimum Gasteiger partial charge on any atom is -0.479 e. The molecule has 0 radical (unpaired) electrons. The van der Waals surface area contributed by atoms with Gasteiger partial charge in [-0.05, 0) is 12.5 Å². The number of hydrogen-bond acceptors (Lipinski definition) is 3. The van der Waals surface area contributed by atoms with Crippen LogP contribution in [0.3, 0.4) is 0 Å². The first-order chi connectivity index (χ1) is 8.08. The van der Waals surface area contributed by atoms with E-state index in [1.54, 1.807) is 14.0 Å². The molecule has 1 aromatic carbocycles. The number of carboxylic acids is 1. The van der Waals surface area contributed by atoms with Gasteiger partial charge in [-0.15, -0.1) is 0 Å². The summed E-state index contributed by atoms with van der Waals surface area (Å²) in [7, 11) is 1.55.